The van der Waals surface area contributed by atoms with Crippen LogP contribution in [0.4, 0.5) is 43.9 Å². The fraction of sp³-hybridized carbons (Fsp3) is 0.200. The van der Waals surface area contributed by atoms with Crippen LogP contribution in [0.3, 0.4) is 0 Å². The summed E-state index contributed by atoms with van der Waals surface area (Å²) in [6, 6.07) is 9.49. The van der Waals surface area contributed by atoms with Crippen LogP contribution < -0.4 is 21.1 Å². The van der Waals surface area contributed by atoms with Crippen molar-refractivity contribution in [3.8, 4) is 6.01 Å². The van der Waals surface area contributed by atoms with E-state index >= 15 is 0 Å². The Kier molecular flexibility index (Phi) is 7.08. The molecule has 0 spiro atoms. The Bertz CT molecular complexity index is 1150. The van der Waals surface area contributed by atoms with Crippen LogP contribution in [0.25, 0.3) is 0 Å². The number of nitrogens with one attached hydrogen (secondary N) is 2. The van der Waals surface area contributed by atoms with Crippen molar-refractivity contribution < 1.29 is 35.9 Å². The van der Waals surface area contributed by atoms with E-state index in [1.807, 2.05) is 0 Å². The first kappa shape index (κ1) is 24.5. The molecule has 0 radical (unpaired) electrons. The molecule has 3 rings (SSSR count). The quantitative estimate of drug-likeness (QED) is 0.407. The first-order chi connectivity index (χ1) is 15.9. The summed E-state index contributed by atoms with van der Waals surface area (Å²) in [6.07, 6.45) is -9.27. The van der Waals surface area contributed by atoms with E-state index in [2.05, 4.69) is 30.3 Å². The number of nitrogens with zero attached hydrogens (tertiary/aromatic N) is 3. The largest absolute Gasteiger partial charge is 0.454 e. The molecule has 1 aromatic heterocycles. The van der Waals surface area contributed by atoms with Gasteiger partial charge in [0.2, 0.25) is 17.8 Å². The third-order valence-electron chi connectivity index (χ3n) is 4.11. The second-order valence-electron chi connectivity index (χ2n) is 6.79. The lowest BCUT2D eigenvalue weighted by molar-refractivity contribution is -0.154. The number of hydrogen-bond acceptors (Lipinski definition) is 7. The number of anilines is 3. The van der Waals surface area contributed by atoms with Crippen molar-refractivity contribution in [3.63, 3.8) is 0 Å². The van der Waals surface area contributed by atoms with Gasteiger partial charge in [0, 0.05) is 17.8 Å². The van der Waals surface area contributed by atoms with E-state index in [0.29, 0.717) is 5.56 Å². The summed E-state index contributed by atoms with van der Waals surface area (Å²) in [5.41, 5.74) is 5.09. The van der Waals surface area contributed by atoms with Crippen LogP contribution in [0, 0.1) is 0 Å². The number of halogens is 6. The van der Waals surface area contributed by atoms with Gasteiger partial charge in [-0.05, 0) is 35.9 Å². The van der Waals surface area contributed by atoms with E-state index in [9.17, 15) is 31.1 Å². The molecule has 0 saturated carbocycles. The number of ether oxygens (including phenoxy) is 1. The zero-order chi connectivity index (χ0) is 24.9. The Balaban J connectivity index is 1.82. The van der Waals surface area contributed by atoms with E-state index in [-0.39, 0.29) is 29.7 Å². The number of aromatic nitrogens is 3. The number of nitrogens with two attached hydrogens (primary N) is 1. The van der Waals surface area contributed by atoms with Gasteiger partial charge in [-0.1, -0.05) is 18.2 Å². The fourth-order valence-corrected chi connectivity index (χ4v) is 2.57. The minimum Gasteiger partial charge on any atom is -0.454 e. The van der Waals surface area contributed by atoms with Crippen LogP contribution >= 0.6 is 0 Å². The molecule has 0 unspecified atom stereocenters. The van der Waals surface area contributed by atoms with E-state index in [4.69, 9.17) is 5.73 Å². The molecular formula is C20H16F6N6O2. The van der Waals surface area contributed by atoms with Crippen molar-refractivity contribution in [2.24, 2.45) is 5.73 Å². The molecule has 1 amide bonds. The molecule has 8 nitrogen and oxygen atoms in total. The van der Waals surface area contributed by atoms with E-state index < -0.39 is 36.4 Å². The minimum atomic E-state index is -4.67. The molecule has 0 saturated heterocycles. The Hall–Kier alpha value is -4.10. The number of primary amides is 1. The highest BCUT2D eigenvalue weighted by atomic mass is 19.4. The second-order valence-corrected chi connectivity index (χ2v) is 6.79. The number of rotatable bonds is 8. The summed E-state index contributed by atoms with van der Waals surface area (Å²) in [5.74, 6) is -1.17. The summed E-state index contributed by atoms with van der Waals surface area (Å²) in [6.45, 7) is -1.60. The van der Waals surface area contributed by atoms with Gasteiger partial charge in [0.1, 0.15) is 0 Å². The summed E-state index contributed by atoms with van der Waals surface area (Å²) < 4.78 is 81.0. The van der Waals surface area contributed by atoms with Gasteiger partial charge >= 0.3 is 18.4 Å². The van der Waals surface area contributed by atoms with E-state index in [0.717, 1.165) is 18.2 Å². The molecule has 0 atom stereocenters. The van der Waals surface area contributed by atoms with Gasteiger partial charge in [-0.25, -0.2) is 0 Å². The molecular weight excluding hydrogens is 470 g/mol. The Labute approximate surface area is 188 Å². The maximum atomic E-state index is 12.9. The molecule has 34 heavy (non-hydrogen) atoms. The van der Waals surface area contributed by atoms with Crippen molar-refractivity contribution in [1.29, 1.82) is 0 Å². The Morgan fingerprint density at radius 1 is 0.941 bits per heavy atom. The third-order valence-corrected chi connectivity index (χ3v) is 4.11. The van der Waals surface area contributed by atoms with Gasteiger partial charge in [0.05, 0.1) is 5.56 Å². The SMILES string of the molecule is NC(=O)c1ccc(CNc2nc(Nc3cccc(C(F)(F)F)c3)nc(OCC(F)(F)F)n2)cc1. The summed E-state index contributed by atoms with van der Waals surface area (Å²) in [5, 5.41) is 5.25. The van der Waals surface area contributed by atoms with Crippen LogP contribution in [-0.4, -0.2) is 33.6 Å². The number of alkyl halides is 6. The van der Waals surface area contributed by atoms with Gasteiger partial charge in [0.25, 0.3) is 0 Å². The maximum Gasteiger partial charge on any atom is 0.422 e. The molecule has 2 aromatic carbocycles. The number of amides is 1. The monoisotopic (exact) mass is 486 g/mol. The average molecular weight is 486 g/mol. The molecule has 4 N–H and O–H groups in total. The fourth-order valence-electron chi connectivity index (χ4n) is 2.57. The lowest BCUT2D eigenvalue weighted by atomic mass is 10.1. The van der Waals surface area contributed by atoms with Crippen molar-refractivity contribution in [1.82, 2.24) is 15.0 Å². The highest BCUT2D eigenvalue weighted by Gasteiger charge is 2.31. The van der Waals surface area contributed by atoms with Gasteiger partial charge in [-0.3, -0.25) is 4.79 Å². The van der Waals surface area contributed by atoms with Crippen molar-refractivity contribution in [2.45, 2.75) is 18.9 Å². The standard InChI is InChI=1S/C20H16F6N6O2/c21-19(22,23)10-34-18-31-16(28-9-11-4-6-12(7-5-11)15(27)33)30-17(32-18)29-14-3-1-2-13(8-14)20(24,25)26/h1-8H,9-10H2,(H2,27,33)(H2,28,29,30,31,32). The lowest BCUT2D eigenvalue weighted by Crippen LogP contribution is -2.21. The Morgan fingerprint density at radius 2 is 1.62 bits per heavy atom. The van der Waals surface area contributed by atoms with Crippen LogP contribution in [-0.2, 0) is 12.7 Å². The second kappa shape index (κ2) is 9.80. The summed E-state index contributed by atoms with van der Waals surface area (Å²) in [7, 11) is 0. The number of benzene rings is 2. The van der Waals surface area contributed by atoms with Crippen LogP contribution in [0.5, 0.6) is 6.01 Å². The normalized spacial score (nSPS) is 11.7. The van der Waals surface area contributed by atoms with E-state index in [1.54, 1.807) is 12.1 Å². The average Bonchev–Trinajstić information content (AvgIpc) is 2.76. The molecule has 0 aliphatic rings. The zero-order valence-electron chi connectivity index (χ0n) is 17.0. The molecule has 1 heterocycles. The highest BCUT2D eigenvalue weighted by molar-refractivity contribution is 5.92. The van der Waals surface area contributed by atoms with Gasteiger partial charge in [-0.2, -0.15) is 41.3 Å². The van der Waals surface area contributed by atoms with Crippen molar-refractivity contribution in [3.05, 3.63) is 65.2 Å². The zero-order valence-corrected chi connectivity index (χ0v) is 17.0. The van der Waals surface area contributed by atoms with E-state index in [1.165, 1.54) is 18.2 Å². The number of carbonyl (C=O) groups is 1. The molecule has 3 aromatic rings. The maximum absolute atomic E-state index is 12.9. The first-order valence-corrected chi connectivity index (χ1v) is 9.41. The lowest BCUT2D eigenvalue weighted by Gasteiger charge is -2.13. The van der Waals surface area contributed by atoms with Crippen LogP contribution in [0.2, 0.25) is 0 Å². The molecule has 0 bridgehead atoms. The van der Waals surface area contributed by atoms with Gasteiger partial charge in [-0.15, -0.1) is 0 Å². The van der Waals surface area contributed by atoms with Crippen molar-refractivity contribution in [2.75, 3.05) is 17.2 Å². The first-order valence-electron chi connectivity index (χ1n) is 9.41. The van der Waals surface area contributed by atoms with Crippen LogP contribution in [0.15, 0.2) is 48.5 Å². The van der Waals surface area contributed by atoms with Crippen LogP contribution in [0.1, 0.15) is 21.5 Å². The molecule has 0 aliphatic carbocycles. The molecule has 0 aliphatic heterocycles. The summed E-state index contributed by atoms with van der Waals surface area (Å²) in [4.78, 5) is 22.5. The smallest absolute Gasteiger partial charge is 0.422 e. The minimum absolute atomic E-state index is 0.0595. The third kappa shape index (κ3) is 7.21. The Morgan fingerprint density at radius 3 is 2.24 bits per heavy atom. The highest BCUT2D eigenvalue weighted by Crippen LogP contribution is 2.31. The number of carbonyl (C=O) groups excluding carboxylic acids is 1. The van der Waals surface area contributed by atoms with Gasteiger partial charge in [0.15, 0.2) is 6.61 Å². The summed E-state index contributed by atoms with van der Waals surface area (Å²) >= 11 is 0. The van der Waals surface area contributed by atoms with Crippen molar-refractivity contribution >= 4 is 23.5 Å². The van der Waals surface area contributed by atoms with Gasteiger partial charge < -0.3 is 21.1 Å². The molecule has 0 fully saturated rings. The predicted octanol–water partition coefficient (Wildman–Crippen LogP) is 4.29. The molecule has 180 valence electrons. The number of hydrogen-bond donors (Lipinski definition) is 3. The topological polar surface area (TPSA) is 115 Å². The molecule has 14 heteroatoms. The predicted molar refractivity (Wildman–Crippen MR) is 108 cm³/mol.